The molecule has 0 aromatic carbocycles. The Morgan fingerprint density at radius 1 is 1.32 bits per heavy atom. The number of rotatable bonds is 4. The van der Waals surface area contributed by atoms with Crippen molar-refractivity contribution >= 4 is 21.4 Å². The lowest BCUT2D eigenvalue weighted by Crippen LogP contribution is -2.34. The van der Waals surface area contributed by atoms with Crippen molar-refractivity contribution in [2.45, 2.75) is 61.2 Å². The molecular formula is C16H22N4O3S2. The van der Waals surface area contributed by atoms with Crippen LogP contribution in [-0.2, 0) is 15.6 Å². The van der Waals surface area contributed by atoms with Crippen molar-refractivity contribution < 1.29 is 12.9 Å². The van der Waals surface area contributed by atoms with Crippen LogP contribution in [0.3, 0.4) is 0 Å². The van der Waals surface area contributed by atoms with Crippen LogP contribution in [0.5, 0.6) is 0 Å². The van der Waals surface area contributed by atoms with Gasteiger partial charge >= 0.3 is 0 Å². The standard InChI is InChI=1S/C16H22N4O3S2/c1-11-6-7-13(24-11)25(21,22)20-10-4-5-12(20)14-18-15(19-23-14)16(17)8-2-3-9-16/h6-7,12H,2-5,8-10,17H2,1H3. The molecule has 4 rings (SSSR count). The van der Waals surface area contributed by atoms with Gasteiger partial charge in [-0.15, -0.1) is 11.3 Å². The molecular weight excluding hydrogens is 360 g/mol. The Morgan fingerprint density at radius 3 is 2.76 bits per heavy atom. The Hall–Kier alpha value is -1.29. The SMILES string of the molecule is Cc1ccc(S(=O)(=O)N2CCCC2c2nc(C3(N)CCCC3)no2)s1. The number of sulfonamides is 1. The molecule has 136 valence electrons. The minimum Gasteiger partial charge on any atom is -0.337 e. The molecule has 0 spiro atoms. The zero-order chi connectivity index (χ0) is 17.7. The van der Waals surface area contributed by atoms with Gasteiger partial charge in [-0.05, 0) is 44.7 Å². The van der Waals surface area contributed by atoms with E-state index in [9.17, 15) is 8.42 Å². The summed E-state index contributed by atoms with van der Waals surface area (Å²) in [6.45, 7) is 2.37. The fourth-order valence-electron chi connectivity index (χ4n) is 3.74. The molecule has 2 N–H and O–H groups in total. The predicted octanol–water partition coefficient (Wildman–Crippen LogP) is 2.69. The molecule has 1 saturated heterocycles. The van der Waals surface area contributed by atoms with Crippen molar-refractivity contribution in [3.05, 3.63) is 28.7 Å². The molecule has 2 fully saturated rings. The molecule has 0 bridgehead atoms. The monoisotopic (exact) mass is 382 g/mol. The Kier molecular flexibility index (Phi) is 4.22. The van der Waals surface area contributed by atoms with E-state index in [4.69, 9.17) is 10.3 Å². The van der Waals surface area contributed by atoms with Gasteiger partial charge < -0.3 is 10.3 Å². The van der Waals surface area contributed by atoms with E-state index in [1.54, 1.807) is 6.07 Å². The van der Waals surface area contributed by atoms with Gasteiger partial charge in [0, 0.05) is 11.4 Å². The van der Waals surface area contributed by atoms with Crippen molar-refractivity contribution in [3.63, 3.8) is 0 Å². The van der Waals surface area contributed by atoms with Crippen molar-refractivity contribution in [1.82, 2.24) is 14.4 Å². The minimum atomic E-state index is -3.55. The Labute approximate surface area is 151 Å². The van der Waals surface area contributed by atoms with Gasteiger partial charge in [0.2, 0.25) is 5.89 Å². The van der Waals surface area contributed by atoms with E-state index in [-0.39, 0.29) is 0 Å². The molecule has 3 heterocycles. The Bertz CT molecular complexity index is 868. The van der Waals surface area contributed by atoms with Crippen LogP contribution in [0.15, 0.2) is 20.9 Å². The van der Waals surface area contributed by atoms with Crippen LogP contribution in [0, 0.1) is 6.92 Å². The molecule has 1 atom stereocenters. The van der Waals surface area contributed by atoms with Gasteiger partial charge in [-0.2, -0.15) is 9.29 Å². The first-order chi connectivity index (χ1) is 11.9. The highest BCUT2D eigenvalue weighted by atomic mass is 32.2. The van der Waals surface area contributed by atoms with Gasteiger partial charge in [0.05, 0.1) is 5.54 Å². The van der Waals surface area contributed by atoms with Crippen molar-refractivity contribution in [1.29, 1.82) is 0 Å². The summed E-state index contributed by atoms with van der Waals surface area (Å²) in [5.74, 6) is 0.872. The van der Waals surface area contributed by atoms with Crippen LogP contribution in [-0.4, -0.2) is 29.4 Å². The molecule has 2 aliphatic rings. The largest absolute Gasteiger partial charge is 0.337 e. The van der Waals surface area contributed by atoms with E-state index in [1.165, 1.54) is 15.6 Å². The van der Waals surface area contributed by atoms with Gasteiger partial charge in [0.1, 0.15) is 10.3 Å². The molecule has 1 aliphatic heterocycles. The van der Waals surface area contributed by atoms with E-state index in [2.05, 4.69) is 10.1 Å². The third-order valence-corrected chi connectivity index (χ3v) is 8.53. The minimum absolute atomic E-state index is 0.362. The molecule has 0 amide bonds. The lowest BCUT2D eigenvalue weighted by atomic mass is 9.99. The van der Waals surface area contributed by atoms with Gasteiger partial charge in [-0.25, -0.2) is 8.42 Å². The molecule has 1 saturated carbocycles. The first-order valence-electron chi connectivity index (χ1n) is 8.61. The smallest absolute Gasteiger partial charge is 0.253 e. The van der Waals surface area contributed by atoms with Gasteiger partial charge in [-0.1, -0.05) is 18.0 Å². The molecule has 1 aliphatic carbocycles. The Morgan fingerprint density at radius 2 is 2.08 bits per heavy atom. The molecule has 7 nitrogen and oxygen atoms in total. The molecule has 9 heteroatoms. The summed E-state index contributed by atoms with van der Waals surface area (Å²) in [6, 6.07) is 3.09. The first-order valence-corrected chi connectivity index (χ1v) is 10.9. The zero-order valence-electron chi connectivity index (χ0n) is 14.1. The maximum atomic E-state index is 13.0. The van der Waals surface area contributed by atoms with Crippen molar-refractivity contribution in [2.24, 2.45) is 5.73 Å². The maximum absolute atomic E-state index is 13.0. The predicted molar refractivity (Wildman–Crippen MR) is 93.6 cm³/mol. The molecule has 1 unspecified atom stereocenters. The summed E-state index contributed by atoms with van der Waals surface area (Å²) in [7, 11) is -3.55. The number of nitrogens with zero attached hydrogens (tertiary/aromatic N) is 3. The molecule has 25 heavy (non-hydrogen) atoms. The summed E-state index contributed by atoms with van der Waals surface area (Å²) < 4.78 is 33.3. The van der Waals surface area contributed by atoms with Crippen LogP contribution in [0.25, 0.3) is 0 Å². The van der Waals surface area contributed by atoms with Gasteiger partial charge in [0.15, 0.2) is 5.82 Å². The second-order valence-electron chi connectivity index (χ2n) is 6.96. The number of nitrogens with two attached hydrogens (primary N) is 1. The normalized spacial score (nSPS) is 24.2. The highest BCUT2D eigenvalue weighted by Crippen LogP contribution is 2.39. The van der Waals surface area contributed by atoms with Crippen molar-refractivity contribution in [2.75, 3.05) is 6.54 Å². The third-order valence-electron chi connectivity index (χ3n) is 5.15. The number of aromatic nitrogens is 2. The second kappa shape index (κ2) is 6.15. The Balaban J connectivity index is 1.63. The summed E-state index contributed by atoms with van der Waals surface area (Å²) in [5.41, 5.74) is 5.86. The first kappa shape index (κ1) is 17.1. The van der Waals surface area contributed by atoms with E-state index in [0.717, 1.165) is 37.0 Å². The molecule has 2 aromatic heterocycles. The number of thiophene rings is 1. The van der Waals surface area contributed by atoms with E-state index in [0.29, 0.717) is 28.9 Å². The van der Waals surface area contributed by atoms with E-state index >= 15 is 0 Å². The van der Waals surface area contributed by atoms with Gasteiger partial charge in [0.25, 0.3) is 10.0 Å². The lowest BCUT2D eigenvalue weighted by Gasteiger charge is -2.20. The number of aryl methyl sites for hydroxylation is 1. The highest BCUT2D eigenvalue weighted by molar-refractivity contribution is 7.91. The summed E-state index contributed by atoms with van der Waals surface area (Å²) in [6.07, 6.45) is 5.26. The number of hydrogen-bond donors (Lipinski definition) is 1. The van der Waals surface area contributed by atoms with Crippen LogP contribution in [0.2, 0.25) is 0 Å². The third kappa shape index (κ3) is 2.92. The average Bonchev–Trinajstić information content (AvgIpc) is 3.34. The summed E-state index contributed by atoms with van der Waals surface area (Å²) in [4.78, 5) is 5.48. The molecule has 2 aromatic rings. The van der Waals surface area contributed by atoms with Crippen molar-refractivity contribution in [3.8, 4) is 0 Å². The maximum Gasteiger partial charge on any atom is 0.253 e. The number of hydrogen-bond acceptors (Lipinski definition) is 7. The quantitative estimate of drug-likeness (QED) is 0.872. The fraction of sp³-hybridized carbons (Fsp3) is 0.625. The lowest BCUT2D eigenvalue weighted by molar-refractivity contribution is 0.285. The highest BCUT2D eigenvalue weighted by Gasteiger charge is 2.42. The molecule has 0 radical (unpaired) electrons. The average molecular weight is 383 g/mol. The summed E-state index contributed by atoms with van der Waals surface area (Å²) in [5, 5.41) is 4.08. The van der Waals surface area contributed by atoms with Crippen LogP contribution >= 0.6 is 11.3 Å². The van der Waals surface area contributed by atoms with E-state index < -0.39 is 21.6 Å². The summed E-state index contributed by atoms with van der Waals surface area (Å²) >= 11 is 1.29. The van der Waals surface area contributed by atoms with Gasteiger partial charge in [-0.3, -0.25) is 0 Å². The van der Waals surface area contributed by atoms with Crippen LogP contribution in [0.1, 0.15) is 61.2 Å². The topological polar surface area (TPSA) is 102 Å². The van der Waals surface area contributed by atoms with Crippen LogP contribution in [0.4, 0.5) is 0 Å². The van der Waals surface area contributed by atoms with E-state index in [1.807, 2.05) is 13.0 Å². The van der Waals surface area contributed by atoms with Crippen LogP contribution < -0.4 is 5.73 Å². The zero-order valence-corrected chi connectivity index (χ0v) is 15.8. The second-order valence-corrected chi connectivity index (χ2v) is 10.4. The fourth-order valence-corrected chi connectivity index (χ4v) is 6.81.